The first-order valence-corrected chi connectivity index (χ1v) is 9.02. The van der Waals surface area contributed by atoms with Crippen molar-refractivity contribution >= 4 is 11.8 Å². The summed E-state index contributed by atoms with van der Waals surface area (Å²) < 4.78 is 16.3. The van der Waals surface area contributed by atoms with Crippen molar-refractivity contribution in [3.63, 3.8) is 0 Å². The zero-order valence-corrected chi connectivity index (χ0v) is 15.6. The molecule has 0 saturated heterocycles. The van der Waals surface area contributed by atoms with Crippen LogP contribution in [0.1, 0.15) is 30.4 Å². The molecule has 0 aliphatic heterocycles. The lowest BCUT2D eigenvalue weighted by atomic mass is 9.67. The largest absolute Gasteiger partial charge is 0.497 e. The Morgan fingerprint density at radius 2 is 1.78 bits per heavy atom. The zero-order valence-electron chi connectivity index (χ0n) is 15.6. The van der Waals surface area contributed by atoms with Crippen LogP contribution in [0.2, 0.25) is 0 Å². The number of rotatable bonds is 6. The van der Waals surface area contributed by atoms with E-state index in [4.69, 9.17) is 14.2 Å². The van der Waals surface area contributed by atoms with Gasteiger partial charge in [0.2, 0.25) is 0 Å². The molecule has 27 heavy (non-hydrogen) atoms. The molecule has 1 fully saturated rings. The molecule has 5 nitrogen and oxygen atoms in total. The van der Waals surface area contributed by atoms with Crippen LogP contribution < -0.4 is 4.74 Å². The molecule has 2 atom stereocenters. The van der Waals surface area contributed by atoms with Gasteiger partial charge in [0.1, 0.15) is 5.75 Å². The standard InChI is InChI=1S/C22H24O5/c1-25-18-10-8-17(9-11-18)22(21(24)26-2)14-19(12-13-20(22)23)27-15-16-6-4-3-5-7-16/h3-11,19H,12-15H2,1-2H3/t19-,22+/m0/s1. The lowest BCUT2D eigenvalue weighted by Gasteiger charge is -2.37. The van der Waals surface area contributed by atoms with Crippen LogP contribution in [0.4, 0.5) is 0 Å². The van der Waals surface area contributed by atoms with E-state index in [2.05, 4.69) is 0 Å². The molecule has 2 aromatic carbocycles. The highest BCUT2D eigenvalue weighted by molar-refractivity contribution is 6.10. The van der Waals surface area contributed by atoms with Crippen LogP contribution in [0.5, 0.6) is 5.75 Å². The average molecular weight is 368 g/mol. The number of esters is 1. The van der Waals surface area contributed by atoms with E-state index in [-0.39, 0.29) is 24.7 Å². The number of hydrogen-bond acceptors (Lipinski definition) is 5. The minimum Gasteiger partial charge on any atom is -0.497 e. The van der Waals surface area contributed by atoms with E-state index in [9.17, 15) is 9.59 Å². The van der Waals surface area contributed by atoms with Gasteiger partial charge in [-0.05, 0) is 29.7 Å². The minimum absolute atomic E-state index is 0.126. The van der Waals surface area contributed by atoms with Crippen molar-refractivity contribution in [3.8, 4) is 5.75 Å². The van der Waals surface area contributed by atoms with Crippen molar-refractivity contribution < 1.29 is 23.8 Å². The smallest absolute Gasteiger partial charge is 0.323 e. The van der Waals surface area contributed by atoms with Gasteiger partial charge in [-0.25, -0.2) is 0 Å². The molecule has 0 heterocycles. The van der Waals surface area contributed by atoms with Crippen LogP contribution in [-0.4, -0.2) is 32.1 Å². The quantitative estimate of drug-likeness (QED) is 0.577. The molecule has 0 amide bonds. The molecule has 0 unspecified atom stereocenters. The molecular weight excluding hydrogens is 344 g/mol. The highest BCUT2D eigenvalue weighted by Gasteiger charge is 2.52. The predicted molar refractivity (Wildman–Crippen MR) is 101 cm³/mol. The number of ether oxygens (including phenoxy) is 3. The minimum atomic E-state index is -1.33. The van der Waals surface area contributed by atoms with Gasteiger partial charge in [-0.1, -0.05) is 42.5 Å². The summed E-state index contributed by atoms with van der Waals surface area (Å²) in [5, 5.41) is 0. The van der Waals surface area contributed by atoms with E-state index >= 15 is 0 Å². The first-order chi connectivity index (χ1) is 13.1. The Labute approximate surface area is 159 Å². The van der Waals surface area contributed by atoms with Gasteiger partial charge in [0, 0.05) is 12.8 Å². The van der Waals surface area contributed by atoms with Crippen LogP contribution in [0.25, 0.3) is 0 Å². The maximum absolute atomic E-state index is 12.9. The first kappa shape index (κ1) is 19.1. The van der Waals surface area contributed by atoms with Crippen LogP contribution in [0, 0.1) is 0 Å². The van der Waals surface area contributed by atoms with E-state index in [1.54, 1.807) is 31.4 Å². The summed E-state index contributed by atoms with van der Waals surface area (Å²) in [6, 6.07) is 16.9. The van der Waals surface area contributed by atoms with E-state index < -0.39 is 11.4 Å². The number of benzene rings is 2. The fourth-order valence-corrected chi connectivity index (χ4v) is 3.64. The highest BCUT2D eigenvalue weighted by Crippen LogP contribution is 2.40. The topological polar surface area (TPSA) is 61.8 Å². The SMILES string of the molecule is COC(=O)[C@@]1(c2ccc(OC)cc2)C[C@@H](OCc2ccccc2)CCC1=O. The lowest BCUT2D eigenvalue weighted by molar-refractivity contribution is -0.157. The van der Waals surface area contributed by atoms with Crippen molar-refractivity contribution in [2.75, 3.05) is 14.2 Å². The zero-order chi connectivity index (χ0) is 19.3. The second-order valence-electron chi connectivity index (χ2n) is 6.71. The van der Waals surface area contributed by atoms with Crippen molar-refractivity contribution in [1.29, 1.82) is 0 Å². The molecular formula is C22H24O5. The number of ketones is 1. The molecule has 1 aliphatic rings. The lowest BCUT2D eigenvalue weighted by Crippen LogP contribution is -2.50. The normalized spacial score (nSPS) is 22.3. The van der Waals surface area contributed by atoms with Crippen LogP contribution in [-0.2, 0) is 31.1 Å². The Morgan fingerprint density at radius 1 is 1.07 bits per heavy atom. The fourth-order valence-electron chi connectivity index (χ4n) is 3.64. The van der Waals surface area contributed by atoms with Crippen molar-refractivity contribution in [3.05, 3.63) is 65.7 Å². The third kappa shape index (κ3) is 3.88. The molecule has 2 aromatic rings. The second kappa shape index (κ2) is 8.35. The van der Waals surface area contributed by atoms with Crippen molar-refractivity contribution in [2.24, 2.45) is 0 Å². The maximum atomic E-state index is 12.9. The molecule has 0 spiro atoms. The molecule has 0 bridgehead atoms. The Hall–Kier alpha value is -2.66. The van der Waals surface area contributed by atoms with Crippen LogP contribution in [0.15, 0.2) is 54.6 Å². The molecule has 5 heteroatoms. The molecule has 1 aliphatic carbocycles. The molecule has 3 rings (SSSR count). The first-order valence-electron chi connectivity index (χ1n) is 9.02. The molecule has 142 valence electrons. The van der Waals surface area contributed by atoms with Gasteiger partial charge in [0.15, 0.2) is 11.2 Å². The van der Waals surface area contributed by atoms with Gasteiger partial charge in [-0.2, -0.15) is 0 Å². The Balaban J connectivity index is 1.86. The number of Topliss-reactive ketones (excluding diaryl/α,β-unsaturated/α-hetero) is 1. The second-order valence-corrected chi connectivity index (χ2v) is 6.71. The Morgan fingerprint density at radius 3 is 2.41 bits per heavy atom. The molecule has 0 radical (unpaired) electrons. The third-order valence-electron chi connectivity index (χ3n) is 5.15. The number of methoxy groups -OCH3 is 2. The number of hydrogen-bond donors (Lipinski definition) is 0. The van der Waals surface area contributed by atoms with Gasteiger partial charge < -0.3 is 14.2 Å². The van der Waals surface area contributed by atoms with E-state index in [0.29, 0.717) is 24.3 Å². The third-order valence-corrected chi connectivity index (χ3v) is 5.15. The number of carbonyl (C=O) groups is 2. The van der Waals surface area contributed by atoms with Gasteiger partial charge in [-0.15, -0.1) is 0 Å². The van der Waals surface area contributed by atoms with E-state index in [1.165, 1.54) is 7.11 Å². The predicted octanol–water partition coefficient (Wildman–Crippen LogP) is 3.44. The summed E-state index contributed by atoms with van der Waals surface area (Å²) >= 11 is 0. The average Bonchev–Trinajstić information content (AvgIpc) is 2.73. The molecule has 0 aromatic heterocycles. The van der Waals surface area contributed by atoms with E-state index in [0.717, 1.165) is 5.56 Å². The summed E-state index contributed by atoms with van der Waals surface area (Å²) in [6.07, 6.45) is 0.947. The van der Waals surface area contributed by atoms with Crippen molar-refractivity contribution in [1.82, 2.24) is 0 Å². The monoisotopic (exact) mass is 368 g/mol. The van der Waals surface area contributed by atoms with Gasteiger partial charge in [-0.3, -0.25) is 9.59 Å². The Kier molecular flexibility index (Phi) is 5.91. The van der Waals surface area contributed by atoms with Gasteiger partial charge in [0.05, 0.1) is 26.9 Å². The van der Waals surface area contributed by atoms with Gasteiger partial charge in [0.25, 0.3) is 0 Å². The maximum Gasteiger partial charge on any atom is 0.323 e. The van der Waals surface area contributed by atoms with E-state index in [1.807, 2.05) is 30.3 Å². The van der Waals surface area contributed by atoms with Crippen LogP contribution in [0.3, 0.4) is 0 Å². The summed E-state index contributed by atoms with van der Waals surface area (Å²) in [5.74, 6) is 0.00339. The Bertz CT molecular complexity index is 774. The van der Waals surface area contributed by atoms with Crippen LogP contribution >= 0.6 is 0 Å². The number of carbonyl (C=O) groups excluding carboxylic acids is 2. The summed E-state index contributed by atoms with van der Waals surface area (Å²) in [7, 11) is 2.89. The summed E-state index contributed by atoms with van der Waals surface area (Å²) in [6.45, 7) is 0.444. The highest BCUT2D eigenvalue weighted by atomic mass is 16.5. The summed E-state index contributed by atoms with van der Waals surface area (Å²) in [5.41, 5.74) is 0.344. The molecule has 0 N–H and O–H groups in total. The molecule has 1 saturated carbocycles. The summed E-state index contributed by atoms with van der Waals surface area (Å²) in [4.78, 5) is 25.6. The fraction of sp³-hybridized carbons (Fsp3) is 0.364. The van der Waals surface area contributed by atoms with Crippen molar-refractivity contribution in [2.45, 2.75) is 37.4 Å². The van der Waals surface area contributed by atoms with Gasteiger partial charge >= 0.3 is 5.97 Å².